The molecular weight excluding hydrogens is 256 g/mol. The van der Waals surface area contributed by atoms with Crippen molar-refractivity contribution in [3.8, 4) is 0 Å². The molecule has 0 amide bonds. The second-order valence-corrected chi connectivity index (χ2v) is 4.71. The average molecular weight is 269 g/mol. The zero-order chi connectivity index (χ0) is 10.7. The van der Waals surface area contributed by atoms with E-state index >= 15 is 0 Å². The highest BCUT2D eigenvalue weighted by Crippen LogP contribution is 2.31. The summed E-state index contributed by atoms with van der Waals surface area (Å²) in [5.74, 6) is 0. The highest BCUT2D eigenvalue weighted by molar-refractivity contribution is 9.10. The molecule has 0 aliphatic carbocycles. The predicted molar refractivity (Wildman–Crippen MR) is 61.8 cm³/mol. The summed E-state index contributed by atoms with van der Waals surface area (Å²) in [6.45, 7) is 1.80. The molecule has 80 valence electrons. The summed E-state index contributed by atoms with van der Waals surface area (Å²) in [6, 6.07) is 3.87. The van der Waals surface area contributed by atoms with Crippen molar-refractivity contribution in [2.45, 2.75) is 18.3 Å². The van der Waals surface area contributed by atoms with Crippen molar-refractivity contribution in [2.24, 2.45) is 0 Å². The molecule has 1 N–H and O–H groups in total. The first kappa shape index (κ1) is 10.8. The van der Waals surface area contributed by atoms with Crippen LogP contribution in [0, 0.1) is 0 Å². The number of hydrogen-bond donors (Lipinski definition) is 1. The number of nitrogens with zero attached hydrogens (tertiary/aromatic N) is 1. The first-order valence-electron chi connectivity index (χ1n) is 5.06. The fourth-order valence-electron chi connectivity index (χ4n) is 2.02. The maximum atomic E-state index is 11.3. The second-order valence-electron chi connectivity index (χ2n) is 3.89. The number of carbonyl (C=O) groups excluding carboxylic acids is 1. The van der Waals surface area contributed by atoms with E-state index in [1.807, 2.05) is 12.1 Å². The molecule has 2 heterocycles. The van der Waals surface area contributed by atoms with E-state index in [1.165, 1.54) is 0 Å². The third kappa shape index (κ3) is 2.11. The molecule has 0 saturated carbocycles. The van der Waals surface area contributed by atoms with Gasteiger partial charge in [-0.25, -0.2) is 4.98 Å². The lowest BCUT2D eigenvalue weighted by Crippen LogP contribution is -2.41. The van der Waals surface area contributed by atoms with E-state index in [1.54, 1.807) is 6.20 Å². The van der Waals surface area contributed by atoms with Crippen LogP contribution < -0.4 is 5.32 Å². The van der Waals surface area contributed by atoms with Gasteiger partial charge in [0.15, 0.2) is 0 Å². The molecule has 1 aliphatic rings. The van der Waals surface area contributed by atoms with E-state index in [2.05, 4.69) is 26.2 Å². The van der Waals surface area contributed by atoms with Crippen molar-refractivity contribution in [1.29, 1.82) is 0 Å². The number of carbonyl (C=O) groups is 1. The van der Waals surface area contributed by atoms with Gasteiger partial charge in [0.2, 0.25) is 0 Å². The van der Waals surface area contributed by atoms with Crippen molar-refractivity contribution in [3.63, 3.8) is 0 Å². The van der Waals surface area contributed by atoms with Crippen LogP contribution in [0.1, 0.15) is 18.4 Å². The maximum Gasteiger partial charge on any atom is 0.130 e. The summed E-state index contributed by atoms with van der Waals surface area (Å²) < 4.78 is 0.807. The Morgan fingerprint density at radius 1 is 1.40 bits per heavy atom. The van der Waals surface area contributed by atoms with Gasteiger partial charge in [-0.15, -0.1) is 0 Å². The van der Waals surface area contributed by atoms with Gasteiger partial charge in [0.05, 0.1) is 5.41 Å². The number of rotatable bonds is 2. The molecule has 1 aromatic rings. The highest BCUT2D eigenvalue weighted by Gasteiger charge is 2.33. The molecule has 0 aromatic carbocycles. The summed E-state index contributed by atoms with van der Waals surface area (Å²) >= 11 is 3.30. The molecule has 2 rings (SSSR count). The Hall–Kier alpha value is -0.740. The number of nitrogens with one attached hydrogen (secondary N) is 1. The van der Waals surface area contributed by atoms with Gasteiger partial charge in [0.25, 0.3) is 0 Å². The van der Waals surface area contributed by atoms with Crippen molar-refractivity contribution in [3.05, 3.63) is 28.5 Å². The van der Waals surface area contributed by atoms with Crippen LogP contribution in [0.25, 0.3) is 0 Å². The molecule has 0 radical (unpaired) electrons. The lowest BCUT2D eigenvalue weighted by molar-refractivity contribution is -0.113. The van der Waals surface area contributed by atoms with E-state index in [0.717, 1.165) is 42.4 Å². The van der Waals surface area contributed by atoms with E-state index in [0.29, 0.717) is 0 Å². The molecule has 15 heavy (non-hydrogen) atoms. The number of aromatic nitrogens is 1. The van der Waals surface area contributed by atoms with Gasteiger partial charge < -0.3 is 10.1 Å². The largest absolute Gasteiger partial charge is 0.317 e. The van der Waals surface area contributed by atoms with Gasteiger partial charge in [0, 0.05) is 6.20 Å². The van der Waals surface area contributed by atoms with Crippen LogP contribution in [0.3, 0.4) is 0 Å². The molecule has 1 saturated heterocycles. The number of halogens is 1. The Kier molecular flexibility index (Phi) is 3.17. The molecule has 0 bridgehead atoms. The number of piperidine rings is 1. The van der Waals surface area contributed by atoms with E-state index < -0.39 is 0 Å². The third-order valence-electron chi connectivity index (χ3n) is 3.02. The van der Waals surface area contributed by atoms with E-state index in [9.17, 15) is 4.79 Å². The average Bonchev–Trinajstić information content (AvgIpc) is 2.31. The molecule has 0 atom stereocenters. The molecule has 1 aromatic heterocycles. The Morgan fingerprint density at radius 3 is 2.67 bits per heavy atom. The molecule has 4 heteroatoms. The second kappa shape index (κ2) is 4.41. The Balaban J connectivity index is 2.32. The van der Waals surface area contributed by atoms with Crippen LogP contribution in [0.5, 0.6) is 0 Å². The van der Waals surface area contributed by atoms with Crippen LogP contribution in [0.4, 0.5) is 0 Å². The van der Waals surface area contributed by atoms with Gasteiger partial charge in [0.1, 0.15) is 10.9 Å². The normalized spacial score (nSPS) is 19.8. The zero-order valence-electron chi connectivity index (χ0n) is 8.37. The third-order valence-corrected chi connectivity index (χ3v) is 3.49. The van der Waals surface area contributed by atoms with Crippen molar-refractivity contribution in [1.82, 2.24) is 10.3 Å². The highest BCUT2D eigenvalue weighted by atomic mass is 79.9. The molecule has 0 unspecified atom stereocenters. The molecule has 1 fully saturated rings. The van der Waals surface area contributed by atoms with Crippen LogP contribution in [-0.2, 0) is 10.2 Å². The summed E-state index contributed by atoms with van der Waals surface area (Å²) in [5.41, 5.74) is 0.709. The monoisotopic (exact) mass is 268 g/mol. The number of hydrogen-bond acceptors (Lipinski definition) is 3. The lowest BCUT2D eigenvalue weighted by atomic mass is 9.75. The first-order chi connectivity index (χ1) is 7.27. The quantitative estimate of drug-likeness (QED) is 0.656. The molecular formula is C11H13BrN2O. The first-order valence-corrected chi connectivity index (χ1v) is 5.85. The van der Waals surface area contributed by atoms with E-state index in [4.69, 9.17) is 0 Å². The van der Waals surface area contributed by atoms with Crippen LogP contribution in [0.15, 0.2) is 22.9 Å². The summed E-state index contributed by atoms with van der Waals surface area (Å²) in [6.07, 6.45) is 4.60. The van der Waals surface area contributed by atoms with Gasteiger partial charge in [-0.3, -0.25) is 0 Å². The summed E-state index contributed by atoms with van der Waals surface area (Å²) in [5, 5.41) is 3.27. The van der Waals surface area contributed by atoms with Crippen molar-refractivity contribution < 1.29 is 4.79 Å². The molecule has 3 nitrogen and oxygen atoms in total. The minimum absolute atomic E-state index is 0.320. The standard InChI is InChI=1S/C11H13BrN2O/c12-10-2-1-9(7-14-10)11(8-15)3-5-13-6-4-11/h1-2,7-8,13H,3-6H2. The van der Waals surface area contributed by atoms with Gasteiger partial charge >= 0.3 is 0 Å². The smallest absolute Gasteiger partial charge is 0.130 e. The van der Waals surface area contributed by atoms with Gasteiger partial charge in [-0.2, -0.15) is 0 Å². The SMILES string of the molecule is O=CC1(c2ccc(Br)nc2)CCNCC1. The topological polar surface area (TPSA) is 42.0 Å². The van der Waals surface area contributed by atoms with Crippen molar-refractivity contribution in [2.75, 3.05) is 13.1 Å². The molecule has 0 spiro atoms. The number of pyridine rings is 1. The van der Waals surface area contributed by atoms with Crippen LogP contribution in [-0.4, -0.2) is 24.4 Å². The van der Waals surface area contributed by atoms with Gasteiger partial charge in [-0.05, 0) is 53.5 Å². The Labute approximate surface area is 97.4 Å². The van der Waals surface area contributed by atoms with Crippen LogP contribution in [0.2, 0.25) is 0 Å². The number of aldehydes is 1. The summed E-state index contributed by atoms with van der Waals surface area (Å²) in [4.78, 5) is 15.5. The fourth-order valence-corrected chi connectivity index (χ4v) is 2.25. The maximum absolute atomic E-state index is 11.3. The summed E-state index contributed by atoms with van der Waals surface area (Å²) in [7, 11) is 0. The minimum Gasteiger partial charge on any atom is -0.317 e. The predicted octanol–water partition coefficient (Wildman–Crippen LogP) is 1.66. The van der Waals surface area contributed by atoms with Crippen LogP contribution >= 0.6 is 15.9 Å². The van der Waals surface area contributed by atoms with Gasteiger partial charge in [-0.1, -0.05) is 6.07 Å². The minimum atomic E-state index is -0.320. The zero-order valence-corrected chi connectivity index (χ0v) is 9.96. The lowest BCUT2D eigenvalue weighted by Gasteiger charge is -2.32. The van der Waals surface area contributed by atoms with Crippen molar-refractivity contribution >= 4 is 22.2 Å². The van der Waals surface area contributed by atoms with E-state index in [-0.39, 0.29) is 5.41 Å². The molecule has 1 aliphatic heterocycles. The Bertz CT molecular complexity index is 344. The fraction of sp³-hybridized carbons (Fsp3) is 0.455. The Morgan fingerprint density at radius 2 is 2.13 bits per heavy atom.